The first kappa shape index (κ1) is 12.7. The van der Waals surface area contributed by atoms with E-state index >= 15 is 0 Å². The minimum absolute atomic E-state index is 0.164. The van der Waals surface area contributed by atoms with Gasteiger partial charge in [0, 0.05) is 12.6 Å². The third kappa shape index (κ3) is 2.27. The molecule has 100 valence electrons. The average molecular weight is 256 g/mol. The van der Waals surface area contributed by atoms with Crippen LogP contribution in [0.3, 0.4) is 0 Å². The highest BCUT2D eigenvalue weighted by molar-refractivity contribution is 5.41. The van der Waals surface area contributed by atoms with Crippen LogP contribution in [0.25, 0.3) is 0 Å². The van der Waals surface area contributed by atoms with Crippen molar-refractivity contribution in [2.75, 3.05) is 19.7 Å². The van der Waals surface area contributed by atoms with Crippen molar-refractivity contribution in [3.8, 4) is 6.07 Å². The van der Waals surface area contributed by atoms with Crippen LogP contribution in [0.4, 0.5) is 0 Å². The minimum Gasteiger partial charge on any atom is -0.371 e. The van der Waals surface area contributed by atoms with E-state index in [0.29, 0.717) is 6.04 Å². The fraction of sp³-hybridized carbons (Fsp3) is 0.562. The summed E-state index contributed by atoms with van der Waals surface area (Å²) in [6.07, 6.45) is 3.63. The van der Waals surface area contributed by atoms with Gasteiger partial charge in [-0.2, -0.15) is 5.26 Å². The number of nitriles is 1. The van der Waals surface area contributed by atoms with Crippen LogP contribution < -0.4 is 0 Å². The van der Waals surface area contributed by atoms with E-state index < -0.39 is 0 Å². The van der Waals surface area contributed by atoms with Gasteiger partial charge in [-0.25, -0.2) is 0 Å². The lowest BCUT2D eigenvalue weighted by molar-refractivity contribution is -0.0801. The number of aryl methyl sites for hydroxylation is 1. The van der Waals surface area contributed by atoms with Gasteiger partial charge in [-0.05, 0) is 49.1 Å². The summed E-state index contributed by atoms with van der Waals surface area (Å²) in [5.74, 6) is 0. The molecule has 0 bridgehead atoms. The summed E-state index contributed by atoms with van der Waals surface area (Å²) in [6, 6.07) is 8.79. The van der Waals surface area contributed by atoms with Crippen LogP contribution in [0.2, 0.25) is 0 Å². The normalized spacial score (nSPS) is 26.3. The zero-order valence-corrected chi connectivity index (χ0v) is 11.4. The Morgan fingerprint density at radius 2 is 2.37 bits per heavy atom. The van der Waals surface area contributed by atoms with Crippen molar-refractivity contribution in [2.45, 2.75) is 38.3 Å². The lowest BCUT2D eigenvalue weighted by Gasteiger charge is -2.44. The second-order valence-corrected chi connectivity index (χ2v) is 5.46. The molecule has 0 amide bonds. The Balaban J connectivity index is 1.93. The molecule has 1 saturated heterocycles. The zero-order valence-electron chi connectivity index (χ0n) is 11.4. The van der Waals surface area contributed by atoms with E-state index in [2.05, 4.69) is 24.0 Å². The maximum absolute atomic E-state index is 9.07. The second-order valence-electron chi connectivity index (χ2n) is 5.46. The van der Waals surface area contributed by atoms with Crippen LogP contribution in [0, 0.1) is 11.3 Å². The van der Waals surface area contributed by atoms with Gasteiger partial charge in [0.05, 0.1) is 24.3 Å². The Labute approximate surface area is 114 Å². The molecule has 0 aromatic heterocycles. The number of benzene rings is 1. The van der Waals surface area contributed by atoms with E-state index in [1.54, 1.807) is 0 Å². The first-order valence-electron chi connectivity index (χ1n) is 7.22. The second kappa shape index (κ2) is 5.32. The maximum Gasteiger partial charge on any atom is 0.0991 e. The summed E-state index contributed by atoms with van der Waals surface area (Å²) in [5.41, 5.74) is 3.35. The first-order chi connectivity index (χ1) is 9.33. The molecule has 1 aliphatic carbocycles. The standard InChI is InChI=1S/C16H20N2O/c1-2-7-18-8-9-19-16-14-10-12(11-17)3-4-13(14)5-6-15(16)18/h3-4,10,15-16H,2,5-9H2,1H3/t15-,16-/m0/s1. The van der Waals surface area contributed by atoms with Gasteiger partial charge >= 0.3 is 0 Å². The topological polar surface area (TPSA) is 36.3 Å². The Bertz CT molecular complexity index is 504. The molecule has 3 rings (SSSR count). The van der Waals surface area contributed by atoms with Gasteiger partial charge in [0.1, 0.15) is 0 Å². The average Bonchev–Trinajstić information content (AvgIpc) is 2.47. The van der Waals surface area contributed by atoms with Gasteiger partial charge in [0.2, 0.25) is 0 Å². The SMILES string of the molecule is CCCN1CCO[C@H]2c3cc(C#N)ccc3CC[C@@H]21. The highest BCUT2D eigenvalue weighted by Crippen LogP contribution is 2.38. The van der Waals surface area contributed by atoms with Gasteiger partial charge < -0.3 is 4.74 Å². The molecular weight excluding hydrogens is 236 g/mol. The third-order valence-corrected chi connectivity index (χ3v) is 4.30. The van der Waals surface area contributed by atoms with E-state index in [9.17, 15) is 0 Å². The first-order valence-corrected chi connectivity index (χ1v) is 7.22. The summed E-state index contributed by atoms with van der Waals surface area (Å²) in [7, 11) is 0. The van der Waals surface area contributed by atoms with Crippen LogP contribution in [0.5, 0.6) is 0 Å². The Morgan fingerprint density at radius 3 is 3.16 bits per heavy atom. The molecule has 1 heterocycles. The molecule has 2 atom stereocenters. The number of ether oxygens (including phenoxy) is 1. The van der Waals surface area contributed by atoms with Gasteiger partial charge in [0.25, 0.3) is 0 Å². The molecule has 0 unspecified atom stereocenters. The molecule has 0 spiro atoms. The molecular formula is C16H20N2O. The molecule has 3 heteroatoms. The quantitative estimate of drug-likeness (QED) is 0.816. The minimum atomic E-state index is 0.164. The van der Waals surface area contributed by atoms with Crippen LogP contribution in [0.1, 0.15) is 42.6 Å². The lowest BCUT2D eigenvalue weighted by atomic mass is 9.83. The summed E-state index contributed by atoms with van der Waals surface area (Å²) in [6.45, 7) is 5.23. The monoisotopic (exact) mass is 256 g/mol. The maximum atomic E-state index is 9.07. The predicted molar refractivity (Wildman–Crippen MR) is 73.8 cm³/mol. The predicted octanol–water partition coefficient (Wildman–Crippen LogP) is 2.66. The molecule has 2 aliphatic rings. The fourth-order valence-electron chi connectivity index (χ4n) is 3.42. The molecule has 1 aromatic rings. The Kier molecular flexibility index (Phi) is 3.54. The van der Waals surface area contributed by atoms with Gasteiger partial charge in [0.15, 0.2) is 0 Å². The number of nitrogens with zero attached hydrogens (tertiary/aromatic N) is 2. The highest BCUT2D eigenvalue weighted by Gasteiger charge is 2.36. The number of rotatable bonds is 2. The Morgan fingerprint density at radius 1 is 1.47 bits per heavy atom. The number of fused-ring (bicyclic) bond motifs is 3. The molecule has 1 aromatic carbocycles. The summed E-state index contributed by atoms with van der Waals surface area (Å²) >= 11 is 0. The van der Waals surface area contributed by atoms with Crippen molar-refractivity contribution >= 4 is 0 Å². The van der Waals surface area contributed by atoms with Crippen molar-refractivity contribution in [1.82, 2.24) is 4.90 Å². The van der Waals surface area contributed by atoms with E-state index in [1.807, 2.05) is 12.1 Å². The van der Waals surface area contributed by atoms with Crippen LogP contribution in [0.15, 0.2) is 18.2 Å². The van der Waals surface area contributed by atoms with Gasteiger partial charge in [-0.3, -0.25) is 4.90 Å². The van der Waals surface area contributed by atoms with E-state index in [0.717, 1.165) is 31.7 Å². The van der Waals surface area contributed by atoms with E-state index in [-0.39, 0.29) is 6.10 Å². The van der Waals surface area contributed by atoms with Gasteiger partial charge in [-0.1, -0.05) is 13.0 Å². The molecule has 1 aliphatic heterocycles. The highest BCUT2D eigenvalue weighted by atomic mass is 16.5. The third-order valence-electron chi connectivity index (χ3n) is 4.30. The number of hydrogen-bond acceptors (Lipinski definition) is 3. The summed E-state index contributed by atoms with van der Waals surface area (Å²) < 4.78 is 6.03. The summed E-state index contributed by atoms with van der Waals surface area (Å²) in [4.78, 5) is 2.57. The lowest BCUT2D eigenvalue weighted by Crippen LogP contribution is -2.49. The molecule has 1 fully saturated rings. The van der Waals surface area contributed by atoms with Crippen molar-refractivity contribution in [1.29, 1.82) is 5.26 Å². The van der Waals surface area contributed by atoms with Crippen LogP contribution in [-0.2, 0) is 11.2 Å². The Hall–Kier alpha value is -1.37. The van der Waals surface area contributed by atoms with E-state index in [1.165, 1.54) is 24.0 Å². The molecule has 0 radical (unpaired) electrons. The number of hydrogen-bond donors (Lipinski definition) is 0. The molecule has 3 nitrogen and oxygen atoms in total. The van der Waals surface area contributed by atoms with Crippen molar-refractivity contribution in [2.24, 2.45) is 0 Å². The van der Waals surface area contributed by atoms with Crippen LogP contribution >= 0.6 is 0 Å². The van der Waals surface area contributed by atoms with Crippen LogP contribution in [-0.4, -0.2) is 30.6 Å². The number of morpholine rings is 1. The van der Waals surface area contributed by atoms with Gasteiger partial charge in [-0.15, -0.1) is 0 Å². The fourth-order valence-corrected chi connectivity index (χ4v) is 3.42. The van der Waals surface area contributed by atoms with Crippen molar-refractivity contribution in [3.05, 3.63) is 34.9 Å². The molecule has 0 N–H and O–H groups in total. The zero-order chi connectivity index (χ0) is 13.2. The largest absolute Gasteiger partial charge is 0.371 e. The molecule has 0 saturated carbocycles. The smallest absolute Gasteiger partial charge is 0.0991 e. The van der Waals surface area contributed by atoms with Crippen molar-refractivity contribution in [3.63, 3.8) is 0 Å². The van der Waals surface area contributed by atoms with Crippen molar-refractivity contribution < 1.29 is 4.74 Å². The summed E-state index contributed by atoms with van der Waals surface area (Å²) in [5, 5.41) is 9.07. The van der Waals surface area contributed by atoms with E-state index in [4.69, 9.17) is 10.00 Å². The molecule has 19 heavy (non-hydrogen) atoms.